The summed E-state index contributed by atoms with van der Waals surface area (Å²) in [6.45, 7) is 5.99. The standard InChI is InChI=1S/C15H23NO3S/c1-3-5-12-8-11(10-20-12)15(17)16-13-6-7-18-9-14(13)19-4-2/h8,10,13-14H,3-7,9H2,1-2H3,(H,16,17)/t13-,14-/m1/s1. The van der Waals surface area contributed by atoms with Gasteiger partial charge in [-0.2, -0.15) is 0 Å². The Balaban J connectivity index is 1.94. The second kappa shape index (κ2) is 7.76. The zero-order chi connectivity index (χ0) is 14.4. The molecule has 1 N–H and O–H groups in total. The Bertz CT molecular complexity index is 431. The van der Waals surface area contributed by atoms with Crippen LogP contribution in [0.25, 0.3) is 0 Å². The molecule has 1 aromatic heterocycles. The SMILES string of the molecule is CCCc1cc(C(=O)N[C@@H]2CCOC[C@H]2OCC)cs1. The molecule has 0 saturated carbocycles. The molecular weight excluding hydrogens is 274 g/mol. The Labute approximate surface area is 124 Å². The molecule has 1 aliphatic heterocycles. The minimum Gasteiger partial charge on any atom is -0.379 e. The lowest BCUT2D eigenvalue weighted by Gasteiger charge is -2.31. The molecule has 5 heteroatoms. The highest BCUT2D eigenvalue weighted by Gasteiger charge is 2.28. The summed E-state index contributed by atoms with van der Waals surface area (Å²) >= 11 is 1.66. The summed E-state index contributed by atoms with van der Waals surface area (Å²) in [5.74, 6) is 0.000191. The van der Waals surface area contributed by atoms with Crippen molar-refractivity contribution >= 4 is 17.2 Å². The first-order valence-corrected chi connectivity index (χ1v) is 8.20. The van der Waals surface area contributed by atoms with Gasteiger partial charge in [-0.05, 0) is 25.8 Å². The lowest BCUT2D eigenvalue weighted by Crippen LogP contribution is -2.49. The summed E-state index contributed by atoms with van der Waals surface area (Å²) in [5.41, 5.74) is 0.764. The molecule has 20 heavy (non-hydrogen) atoms. The monoisotopic (exact) mass is 297 g/mol. The zero-order valence-corrected chi connectivity index (χ0v) is 13.0. The van der Waals surface area contributed by atoms with Gasteiger partial charge < -0.3 is 14.8 Å². The van der Waals surface area contributed by atoms with Crippen LogP contribution in [0, 0.1) is 0 Å². The summed E-state index contributed by atoms with van der Waals surface area (Å²) < 4.78 is 11.1. The lowest BCUT2D eigenvalue weighted by atomic mass is 10.1. The molecule has 2 heterocycles. The van der Waals surface area contributed by atoms with E-state index in [1.165, 1.54) is 4.88 Å². The van der Waals surface area contributed by atoms with Crippen LogP contribution in [-0.2, 0) is 15.9 Å². The van der Waals surface area contributed by atoms with Crippen molar-refractivity contribution in [3.63, 3.8) is 0 Å². The first-order chi connectivity index (χ1) is 9.74. The molecule has 1 amide bonds. The van der Waals surface area contributed by atoms with Gasteiger partial charge in [0.25, 0.3) is 5.91 Å². The lowest BCUT2D eigenvalue weighted by molar-refractivity contribution is -0.0632. The second-order valence-corrected chi connectivity index (χ2v) is 5.98. The van der Waals surface area contributed by atoms with Gasteiger partial charge in [0.05, 0.1) is 18.2 Å². The minimum absolute atomic E-state index is 0.000191. The van der Waals surface area contributed by atoms with Crippen LogP contribution in [0.4, 0.5) is 0 Å². The largest absolute Gasteiger partial charge is 0.379 e. The van der Waals surface area contributed by atoms with Crippen molar-refractivity contribution in [3.05, 3.63) is 21.9 Å². The van der Waals surface area contributed by atoms with Gasteiger partial charge in [0.2, 0.25) is 0 Å². The molecule has 0 bridgehead atoms. The maximum atomic E-state index is 12.3. The van der Waals surface area contributed by atoms with Crippen molar-refractivity contribution in [1.82, 2.24) is 5.32 Å². The maximum Gasteiger partial charge on any atom is 0.252 e. The van der Waals surface area contributed by atoms with E-state index in [1.807, 2.05) is 18.4 Å². The molecule has 0 radical (unpaired) electrons. The smallest absolute Gasteiger partial charge is 0.252 e. The molecule has 1 aliphatic rings. The topological polar surface area (TPSA) is 47.6 Å². The van der Waals surface area contributed by atoms with Gasteiger partial charge in [-0.3, -0.25) is 4.79 Å². The maximum absolute atomic E-state index is 12.3. The van der Waals surface area contributed by atoms with Crippen molar-refractivity contribution in [2.45, 2.75) is 45.3 Å². The van der Waals surface area contributed by atoms with Crippen molar-refractivity contribution in [3.8, 4) is 0 Å². The van der Waals surface area contributed by atoms with Gasteiger partial charge in [-0.1, -0.05) is 13.3 Å². The van der Waals surface area contributed by atoms with Gasteiger partial charge in [0.15, 0.2) is 0 Å². The van der Waals surface area contributed by atoms with E-state index in [4.69, 9.17) is 9.47 Å². The second-order valence-electron chi connectivity index (χ2n) is 4.99. The van der Waals surface area contributed by atoms with Crippen LogP contribution in [0.15, 0.2) is 11.4 Å². The number of thiophene rings is 1. The molecule has 0 spiro atoms. The summed E-state index contributed by atoms with van der Waals surface area (Å²) in [6, 6.07) is 2.05. The van der Waals surface area contributed by atoms with E-state index in [2.05, 4.69) is 12.2 Å². The van der Waals surface area contributed by atoms with Crippen LogP contribution in [0.2, 0.25) is 0 Å². The molecule has 112 valence electrons. The van der Waals surface area contributed by atoms with E-state index >= 15 is 0 Å². The third-order valence-electron chi connectivity index (χ3n) is 3.41. The van der Waals surface area contributed by atoms with Crippen LogP contribution >= 0.6 is 11.3 Å². The van der Waals surface area contributed by atoms with Crippen LogP contribution in [0.1, 0.15) is 41.9 Å². The summed E-state index contributed by atoms with van der Waals surface area (Å²) in [5, 5.41) is 5.03. The number of hydrogen-bond donors (Lipinski definition) is 1. The molecule has 2 atom stereocenters. The molecular formula is C15H23NO3S. The average Bonchev–Trinajstić information content (AvgIpc) is 2.90. The predicted molar refractivity (Wildman–Crippen MR) is 80.4 cm³/mol. The summed E-state index contributed by atoms with van der Waals surface area (Å²) in [7, 11) is 0. The first kappa shape index (κ1) is 15.5. The Kier molecular flexibility index (Phi) is 6.01. The number of carbonyl (C=O) groups is 1. The minimum atomic E-state index is -0.0357. The normalized spacial score (nSPS) is 22.7. The van der Waals surface area contributed by atoms with Gasteiger partial charge >= 0.3 is 0 Å². The number of amides is 1. The summed E-state index contributed by atoms with van der Waals surface area (Å²) in [4.78, 5) is 13.5. The van der Waals surface area contributed by atoms with E-state index in [-0.39, 0.29) is 18.1 Å². The van der Waals surface area contributed by atoms with Crippen molar-refractivity contribution in [1.29, 1.82) is 0 Å². The average molecular weight is 297 g/mol. The van der Waals surface area contributed by atoms with Gasteiger partial charge in [0, 0.05) is 23.5 Å². The molecule has 4 nitrogen and oxygen atoms in total. The first-order valence-electron chi connectivity index (χ1n) is 7.32. The number of ether oxygens (including phenoxy) is 2. The molecule has 1 aromatic rings. The van der Waals surface area contributed by atoms with Crippen LogP contribution in [-0.4, -0.2) is 37.9 Å². The third kappa shape index (κ3) is 4.04. The van der Waals surface area contributed by atoms with E-state index < -0.39 is 0 Å². The van der Waals surface area contributed by atoms with Gasteiger partial charge in [-0.25, -0.2) is 0 Å². The molecule has 0 unspecified atom stereocenters. The van der Waals surface area contributed by atoms with Crippen molar-refractivity contribution in [2.24, 2.45) is 0 Å². The Morgan fingerprint density at radius 1 is 1.55 bits per heavy atom. The third-order valence-corrected chi connectivity index (χ3v) is 4.41. The molecule has 2 rings (SSSR count). The van der Waals surface area contributed by atoms with Crippen LogP contribution in [0.3, 0.4) is 0 Å². The van der Waals surface area contributed by atoms with Crippen LogP contribution in [0.5, 0.6) is 0 Å². The van der Waals surface area contributed by atoms with E-state index in [1.54, 1.807) is 11.3 Å². The highest BCUT2D eigenvalue weighted by atomic mass is 32.1. The highest BCUT2D eigenvalue weighted by molar-refractivity contribution is 7.10. The number of carbonyl (C=O) groups excluding carboxylic acids is 1. The zero-order valence-electron chi connectivity index (χ0n) is 12.2. The van der Waals surface area contributed by atoms with Crippen molar-refractivity contribution < 1.29 is 14.3 Å². The number of rotatable bonds is 6. The Morgan fingerprint density at radius 2 is 2.40 bits per heavy atom. The molecule has 1 saturated heterocycles. The van der Waals surface area contributed by atoms with Gasteiger partial charge in [0.1, 0.15) is 6.10 Å². The van der Waals surface area contributed by atoms with Crippen LogP contribution < -0.4 is 5.32 Å². The fourth-order valence-corrected chi connectivity index (χ4v) is 3.35. The Hall–Kier alpha value is -0.910. The summed E-state index contributed by atoms with van der Waals surface area (Å²) in [6.07, 6.45) is 2.92. The number of aryl methyl sites for hydroxylation is 1. The van der Waals surface area contributed by atoms with Crippen molar-refractivity contribution in [2.75, 3.05) is 19.8 Å². The fourth-order valence-electron chi connectivity index (χ4n) is 2.38. The molecule has 0 aliphatic carbocycles. The van der Waals surface area contributed by atoms with E-state index in [0.29, 0.717) is 19.8 Å². The van der Waals surface area contributed by atoms with E-state index in [0.717, 1.165) is 24.8 Å². The van der Waals surface area contributed by atoms with Gasteiger partial charge in [-0.15, -0.1) is 11.3 Å². The fraction of sp³-hybridized carbons (Fsp3) is 0.667. The highest BCUT2D eigenvalue weighted by Crippen LogP contribution is 2.18. The molecule has 0 aromatic carbocycles. The molecule has 1 fully saturated rings. The predicted octanol–water partition coefficient (Wildman–Crippen LogP) is 2.62. The van der Waals surface area contributed by atoms with E-state index in [9.17, 15) is 4.79 Å². The number of hydrogen-bond acceptors (Lipinski definition) is 4. The quantitative estimate of drug-likeness (QED) is 0.878. The number of nitrogens with one attached hydrogen (secondary N) is 1. The Morgan fingerprint density at radius 3 is 3.15 bits per heavy atom.